The Kier molecular flexibility index (Phi) is 4.49. The third-order valence-corrected chi connectivity index (χ3v) is 3.12. The highest BCUT2D eigenvalue weighted by Crippen LogP contribution is 2.27. The lowest BCUT2D eigenvalue weighted by Gasteiger charge is -2.08. The Balaban J connectivity index is 2.05. The van der Waals surface area contributed by atoms with Gasteiger partial charge in [0.05, 0.1) is 25.0 Å². The zero-order chi connectivity index (χ0) is 13.8. The lowest BCUT2D eigenvalue weighted by atomic mass is 10.2. The van der Waals surface area contributed by atoms with Gasteiger partial charge in [0.25, 0.3) is 0 Å². The van der Waals surface area contributed by atoms with Gasteiger partial charge in [0, 0.05) is 28.8 Å². The molecule has 2 rings (SSSR count). The van der Waals surface area contributed by atoms with E-state index in [9.17, 15) is 8.78 Å². The molecule has 0 bridgehead atoms. The number of halogens is 3. The monoisotopic (exact) mass is 331 g/mol. The van der Waals surface area contributed by atoms with E-state index in [1.54, 1.807) is 17.1 Å². The van der Waals surface area contributed by atoms with Gasteiger partial charge >= 0.3 is 0 Å². The molecule has 102 valence electrons. The molecule has 0 saturated heterocycles. The quantitative estimate of drug-likeness (QED) is 0.885. The Morgan fingerprint density at radius 1 is 1.37 bits per heavy atom. The topological polar surface area (TPSA) is 50.1 Å². The first-order valence-corrected chi connectivity index (χ1v) is 6.40. The van der Waals surface area contributed by atoms with Crippen molar-refractivity contribution in [3.63, 3.8) is 0 Å². The standard InChI is InChI=1S/C12H12BrF2N3O/c13-10-3-9(14)4-11(15)12(10)16-5-8-6-17-18(7-8)1-2-19/h3-4,6-7,16,19H,1-2,5H2. The smallest absolute Gasteiger partial charge is 0.150 e. The Morgan fingerprint density at radius 3 is 2.84 bits per heavy atom. The van der Waals surface area contributed by atoms with Crippen LogP contribution in [0.3, 0.4) is 0 Å². The van der Waals surface area contributed by atoms with E-state index in [0.29, 0.717) is 17.6 Å². The van der Waals surface area contributed by atoms with Crippen LogP contribution in [0.2, 0.25) is 0 Å². The van der Waals surface area contributed by atoms with Crippen molar-refractivity contribution in [2.24, 2.45) is 0 Å². The van der Waals surface area contributed by atoms with Crippen LogP contribution in [0.25, 0.3) is 0 Å². The first-order valence-electron chi connectivity index (χ1n) is 5.60. The average Bonchev–Trinajstić information content (AvgIpc) is 2.76. The maximum absolute atomic E-state index is 13.6. The second-order valence-corrected chi connectivity index (χ2v) is 4.79. The molecule has 19 heavy (non-hydrogen) atoms. The molecule has 0 aliphatic rings. The second-order valence-electron chi connectivity index (χ2n) is 3.93. The average molecular weight is 332 g/mol. The lowest BCUT2D eigenvalue weighted by molar-refractivity contribution is 0.269. The van der Waals surface area contributed by atoms with Crippen LogP contribution in [0, 0.1) is 11.6 Å². The number of anilines is 1. The summed E-state index contributed by atoms with van der Waals surface area (Å²) in [5, 5.41) is 15.7. The molecule has 0 radical (unpaired) electrons. The van der Waals surface area contributed by atoms with E-state index in [4.69, 9.17) is 5.11 Å². The van der Waals surface area contributed by atoms with Crippen molar-refractivity contribution < 1.29 is 13.9 Å². The highest BCUT2D eigenvalue weighted by Gasteiger charge is 2.09. The predicted octanol–water partition coefficient (Wildman–Crippen LogP) is 2.53. The first kappa shape index (κ1) is 14.0. The summed E-state index contributed by atoms with van der Waals surface area (Å²) in [4.78, 5) is 0. The maximum atomic E-state index is 13.6. The van der Waals surface area contributed by atoms with E-state index in [2.05, 4.69) is 26.3 Å². The lowest BCUT2D eigenvalue weighted by Crippen LogP contribution is -2.03. The molecule has 1 heterocycles. The molecule has 7 heteroatoms. The van der Waals surface area contributed by atoms with Crippen molar-refractivity contribution in [2.45, 2.75) is 13.1 Å². The van der Waals surface area contributed by atoms with Crippen LogP contribution < -0.4 is 5.32 Å². The normalized spacial score (nSPS) is 10.7. The van der Waals surface area contributed by atoms with Crippen molar-refractivity contribution >= 4 is 21.6 Å². The summed E-state index contributed by atoms with van der Waals surface area (Å²) in [6.45, 7) is 0.772. The summed E-state index contributed by atoms with van der Waals surface area (Å²) in [6, 6.07) is 2.02. The Hall–Kier alpha value is -1.47. The number of rotatable bonds is 5. The highest BCUT2D eigenvalue weighted by atomic mass is 79.9. The van der Waals surface area contributed by atoms with Gasteiger partial charge in [-0.1, -0.05) is 0 Å². The number of benzene rings is 1. The molecule has 0 atom stereocenters. The summed E-state index contributed by atoms with van der Waals surface area (Å²) in [6.07, 6.45) is 3.37. The third kappa shape index (κ3) is 3.51. The predicted molar refractivity (Wildman–Crippen MR) is 70.7 cm³/mol. The summed E-state index contributed by atoms with van der Waals surface area (Å²) < 4.78 is 28.4. The summed E-state index contributed by atoms with van der Waals surface area (Å²) in [5.74, 6) is -1.29. The number of aliphatic hydroxyl groups is 1. The molecular formula is C12H12BrF2N3O. The fourth-order valence-electron chi connectivity index (χ4n) is 1.62. The minimum Gasteiger partial charge on any atom is -0.394 e. The van der Waals surface area contributed by atoms with Gasteiger partial charge in [0.15, 0.2) is 0 Å². The van der Waals surface area contributed by atoms with Crippen molar-refractivity contribution in [3.05, 3.63) is 46.2 Å². The molecule has 0 spiro atoms. The minimum absolute atomic E-state index is 0.00663. The molecule has 1 aromatic carbocycles. The Bertz CT molecular complexity index is 551. The molecule has 0 aliphatic heterocycles. The Labute approximate surface area is 117 Å². The molecular weight excluding hydrogens is 320 g/mol. The molecule has 0 unspecified atom stereocenters. The van der Waals surface area contributed by atoms with Crippen LogP contribution >= 0.6 is 15.9 Å². The molecule has 2 N–H and O–H groups in total. The van der Waals surface area contributed by atoms with Crippen LogP contribution in [0.5, 0.6) is 0 Å². The van der Waals surface area contributed by atoms with E-state index < -0.39 is 11.6 Å². The summed E-state index contributed by atoms with van der Waals surface area (Å²) in [7, 11) is 0. The SMILES string of the molecule is OCCn1cc(CNc2c(F)cc(F)cc2Br)cn1. The molecule has 4 nitrogen and oxygen atoms in total. The van der Waals surface area contributed by atoms with Crippen LogP contribution in [-0.4, -0.2) is 21.5 Å². The Morgan fingerprint density at radius 2 is 2.16 bits per heavy atom. The summed E-state index contributed by atoms with van der Waals surface area (Å²) in [5.41, 5.74) is 1.04. The van der Waals surface area contributed by atoms with Crippen molar-refractivity contribution in [2.75, 3.05) is 11.9 Å². The van der Waals surface area contributed by atoms with Crippen molar-refractivity contribution in [1.29, 1.82) is 0 Å². The van der Waals surface area contributed by atoms with E-state index in [1.165, 1.54) is 6.07 Å². The molecule has 0 fully saturated rings. The van der Waals surface area contributed by atoms with Gasteiger partial charge in [-0.2, -0.15) is 5.10 Å². The van der Waals surface area contributed by atoms with Crippen LogP contribution in [0.1, 0.15) is 5.56 Å². The van der Waals surface area contributed by atoms with Gasteiger partial charge in [-0.25, -0.2) is 8.78 Å². The van der Waals surface area contributed by atoms with Gasteiger partial charge in [-0.15, -0.1) is 0 Å². The van der Waals surface area contributed by atoms with Crippen LogP contribution in [0.4, 0.5) is 14.5 Å². The first-order chi connectivity index (χ1) is 9.10. The minimum atomic E-state index is -0.658. The number of hydrogen-bond donors (Lipinski definition) is 2. The molecule has 2 aromatic rings. The number of aliphatic hydroxyl groups excluding tert-OH is 1. The molecule has 0 saturated carbocycles. The van der Waals surface area contributed by atoms with Gasteiger partial charge in [0.1, 0.15) is 11.6 Å². The summed E-state index contributed by atoms with van der Waals surface area (Å²) >= 11 is 3.11. The third-order valence-electron chi connectivity index (χ3n) is 2.49. The number of nitrogens with one attached hydrogen (secondary N) is 1. The van der Waals surface area contributed by atoms with Crippen molar-refractivity contribution in [3.8, 4) is 0 Å². The highest BCUT2D eigenvalue weighted by molar-refractivity contribution is 9.10. The van der Waals surface area contributed by atoms with E-state index in [1.807, 2.05) is 0 Å². The number of hydrogen-bond acceptors (Lipinski definition) is 3. The van der Waals surface area contributed by atoms with Crippen LogP contribution in [-0.2, 0) is 13.1 Å². The second kappa shape index (κ2) is 6.12. The maximum Gasteiger partial charge on any atom is 0.150 e. The molecule has 1 aromatic heterocycles. The fraction of sp³-hybridized carbons (Fsp3) is 0.250. The number of nitrogens with zero attached hydrogens (tertiary/aromatic N) is 2. The van der Waals surface area contributed by atoms with Gasteiger partial charge in [-0.3, -0.25) is 4.68 Å². The zero-order valence-corrected chi connectivity index (χ0v) is 11.5. The van der Waals surface area contributed by atoms with E-state index >= 15 is 0 Å². The van der Waals surface area contributed by atoms with Crippen LogP contribution in [0.15, 0.2) is 29.0 Å². The fourth-order valence-corrected chi connectivity index (χ4v) is 2.17. The number of aromatic nitrogens is 2. The van der Waals surface area contributed by atoms with E-state index in [0.717, 1.165) is 11.6 Å². The molecule has 0 aliphatic carbocycles. The van der Waals surface area contributed by atoms with Gasteiger partial charge in [-0.05, 0) is 22.0 Å². The largest absolute Gasteiger partial charge is 0.394 e. The zero-order valence-electron chi connectivity index (χ0n) is 9.91. The van der Waals surface area contributed by atoms with Crippen molar-refractivity contribution in [1.82, 2.24) is 9.78 Å². The van der Waals surface area contributed by atoms with Gasteiger partial charge in [0.2, 0.25) is 0 Å². The molecule has 0 amide bonds. The van der Waals surface area contributed by atoms with E-state index in [-0.39, 0.29) is 12.3 Å². The van der Waals surface area contributed by atoms with Gasteiger partial charge < -0.3 is 10.4 Å².